The Kier molecular flexibility index (Phi) is 5.68. The molecule has 1 N–H and O–H groups in total. The first-order valence-corrected chi connectivity index (χ1v) is 11.4. The van der Waals surface area contributed by atoms with Gasteiger partial charge in [0.2, 0.25) is 0 Å². The molecule has 1 amide bonds. The highest BCUT2D eigenvalue weighted by Gasteiger charge is 2.32. The largest absolute Gasteiger partial charge is 0.322 e. The molecule has 0 atom stereocenters. The maximum absolute atomic E-state index is 13.3. The molecule has 1 heterocycles. The second-order valence-electron chi connectivity index (χ2n) is 7.09. The number of benzene rings is 3. The number of nitrogens with zero attached hydrogens (tertiary/aromatic N) is 2. The van der Waals surface area contributed by atoms with Crippen molar-refractivity contribution in [3.05, 3.63) is 88.4 Å². The molecular formula is C23H18ClN3O3S. The summed E-state index contributed by atoms with van der Waals surface area (Å²) in [7, 11) is -3.93. The number of hydrogen-bond donors (Lipinski definition) is 1. The smallest absolute Gasteiger partial charge is 0.265 e. The molecular weight excluding hydrogens is 434 g/mol. The minimum absolute atomic E-state index is 0.0572. The fraction of sp³-hybridized carbons (Fsp3) is 0.130. The van der Waals surface area contributed by atoms with Crippen molar-refractivity contribution in [2.24, 2.45) is 0 Å². The van der Waals surface area contributed by atoms with E-state index in [4.69, 9.17) is 16.9 Å². The predicted octanol–water partition coefficient (Wildman–Crippen LogP) is 4.41. The van der Waals surface area contributed by atoms with Crippen molar-refractivity contribution in [1.82, 2.24) is 0 Å². The number of carbonyl (C=O) groups excluding carboxylic acids is 1. The zero-order valence-electron chi connectivity index (χ0n) is 16.4. The number of nitriles is 1. The van der Waals surface area contributed by atoms with Crippen LogP contribution in [0.5, 0.6) is 0 Å². The topological polar surface area (TPSA) is 90.3 Å². The molecule has 0 spiro atoms. The Labute approximate surface area is 185 Å². The standard InChI is InChI=1S/C23H18ClN3O3S/c24-20-10-7-18(23(28)26-19-8-5-16(6-9-19)11-13-25)15-22(20)31(29,30)27-14-12-17-3-1-2-4-21(17)27/h1-10,15H,11-12,14H2,(H,26,28). The Balaban J connectivity index is 1.61. The summed E-state index contributed by atoms with van der Waals surface area (Å²) in [4.78, 5) is 12.6. The highest BCUT2D eigenvalue weighted by molar-refractivity contribution is 7.93. The third kappa shape index (κ3) is 4.13. The van der Waals surface area contributed by atoms with Gasteiger partial charge in [-0.05, 0) is 53.9 Å². The first-order chi connectivity index (χ1) is 14.9. The monoisotopic (exact) mass is 451 g/mol. The molecule has 31 heavy (non-hydrogen) atoms. The number of amides is 1. The van der Waals surface area contributed by atoms with E-state index in [1.54, 1.807) is 36.4 Å². The van der Waals surface area contributed by atoms with Gasteiger partial charge in [0.15, 0.2) is 0 Å². The lowest BCUT2D eigenvalue weighted by Gasteiger charge is -2.20. The maximum Gasteiger partial charge on any atom is 0.265 e. The van der Waals surface area contributed by atoms with Gasteiger partial charge in [-0.1, -0.05) is 41.9 Å². The van der Waals surface area contributed by atoms with Gasteiger partial charge >= 0.3 is 0 Å². The van der Waals surface area contributed by atoms with Gasteiger partial charge < -0.3 is 5.32 Å². The number of sulfonamides is 1. The lowest BCUT2D eigenvalue weighted by atomic mass is 10.1. The van der Waals surface area contributed by atoms with E-state index in [9.17, 15) is 13.2 Å². The van der Waals surface area contributed by atoms with Crippen molar-refractivity contribution < 1.29 is 13.2 Å². The molecule has 1 aliphatic rings. The minimum atomic E-state index is -3.93. The van der Waals surface area contributed by atoms with Gasteiger partial charge in [0.25, 0.3) is 15.9 Å². The van der Waals surface area contributed by atoms with E-state index in [0.29, 0.717) is 24.3 Å². The summed E-state index contributed by atoms with van der Waals surface area (Å²) < 4.78 is 28.0. The SMILES string of the molecule is N#CCc1ccc(NC(=O)c2ccc(Cl)c(S(=O)(=O)N3CCc4ccccc43)c2)cc1. The molecule has 0 aliphatic carbocycles. The summed E-state index contributed by atoms with van der Waals surface area (Å²) in [6.45, 7) is 0.323. The third-order valence-corrected chi connectivity index (χ3v) is 7.40. The van der Waals surface area contributed by atoms with E-state index < -0.39 is 15.9 Å². The van der Waals surface area contributed by atoms with Gasteiger partial charge in [-0.25, -0.2) is 8.42 Å². The van der Waals surface area contributed by atoms with Crippen LogP contribution < -0.4 is 9.62 Å². The Morgan fingerprint density at radius 3 is 2.58 bits per heavy atom. The van der Waals surface area contributed by atoms with Crippen LogP contribution in [-0.4, -0.2) is 20.9 Å². The van der Waals surface area contributed by atoms with Crippen LogP contribution in [0.15, 0.2) is 71.6 Å². The van der Waals surface area contributed by atoms with Crippen LogP contribution >= 0.6 is 11.6 Å². The highest BCUT2D eigenvalue weighted by Crippen LogP contribution is 2.35. The van der Waals surface area contributed by atoms with Crippen LogP contribution in [-0.2, 0) is 22.9 Å². The van der Waals surface area contributed by atoms with E-state index in [1.165, 1.54) is 22.5 Å². The lowest BCUT2D eigenvalue weighted by molar-refractivity contribution is 0.102. The highest BCUT2D eigenvalue weighted by atomic mass is 35.5. The molecule has 156 valence electrons. The molecule has 0 radical (unpaired) electrons. The number of hydrogen-bond acceptors (Lipinski definition) is 4. The number of para-hydroxylation sites is 1. The molecule has 3 aromatic rings. The normalized spacial score (nSPS) is 12.8. The second kappa shape index (κ2) is 8.42. The van der Waals surface area contributed by atoms with Crippen LogP contribution in [0.1, 0.15) is 21.5 Å². The average Bonchev–Trinajstić information content (AvgIpc) is 3.20. The predicted molar refractivity (Wildman–Crippen MR) is 120 cm³/mol. The van der Waals surface area contributed by atoms with E-state index in [-0.39, 0.29) is 21.9 Å². The number of nitrogens with one attached hydrogen (secondary N) is 1. The molecule has 4 rings (SSSR count). The van der Waals surface area contributed by atoms with E-state index in [0.717, 1.165) is 11.1 Å². The van der Waals surface area contributed by atoms with Gasteiger partial charge in [-0.2, -0.15) is 5.26 Å². The lowest BCUT2D eigenvalue weighted by Crippen LogP contribution is -2.29. The first kappa shape index (κ1) is 20.9. The Hall–Kier alpha value is -3.34. The number of fused-ring (bicyclic) bond motifs is 1. The van der Waals surface area contributed by atoms with Crippen LogP contribution in [0.25, 0.3) is 0 Å². The quantitative estimate of drug-likeness (QED) is 0.622. The Bertz CT molecular complexity index is 1300. The van der Waals surface area contributed by atoms with Crippen LogP contribution in [0.2, 0.25) is 5.02 Å². The van der Waals surface area contributed by atoms with E-state index in [2.05, 4.69) is 11.4 Å². The molecule has 0 saturated carbocycles. The zero-order valence-corrected chi connectivity index (χ0v) is 17.9. The molecule has 1 aliphatic heterocycles. The second-order valence-corrected chi connectivity index (χ2v) is 9.32. The van der Waals surface area contributed by atoms with Crippen molar-refractivity contribution in [1.29, 1.82) is 5.26 Å². The molecule has 8 heteroatoms. The van der Waals surface area contributed by atoms with Crippen LogP contribution in [0.3, 0.4) is 0 Å². The average molecular weight is 452 g/mol. The van der Waals surface area contributed by atoms with E-state index >= 15 is 0 Å². The van der Waals surface area contributed by atoms with Crippen LogP contribution in [0.4, 0.5) is 11.4 Å². The third-order valence-electron chi connectivity index (χ3n) is 5.10. The summed E-state index contributed by atoms with van der Waals surface area (Å²) >= 11 is 6.23. The minimum Gasteiger partial charge on any atom is -0.322 e. The molecule has 6 nitrogen and oxygen atoms in total. The van der Waals surface area contributed by atoms with Gasteiger partial charge in [0.1, 0.15) is 4.90 Å². The summed E-state index contributed by atoms with van der Waals surface area (Å²) in [6.07, 6.45) is 0.904. The number of halogens is 1. The molecule has 0 aromatic heterocycles. The van der Waals surface area contributed by atoms with Gasteiger partial charge in [-0.3, -0.25) is 9.10 Å². The first-order valence-electron chi connectivity index (χ1n) is 9.57. The van der Waals surface area contributed by atoms with Crippen molar-refractivity contribution >= 4 is 38.9 Å². The molecule has 0 fully saturated rings. The van der Waals surface area contributed by atoms with Crippen molar-refractivity contribution in [2.45, 2.75) is 17.7 Å². The maximum atomic E-state index is 13.3. The summed E-state index contributed by atoms with van der Waals surface area (Å²) in [5.41, 5.74) is 3.14. The molecule has 3 aromatic carbocycles. The number of carbonyl (C=O) groups is 1. The number of anilines is 2. The Morgan fingerprint density at radius 2 is 1.84 bits per heavy atom. The Morgan fingerprint density at radius 1 is 1.10 bits per heavy atom. The van der Waals surface area contributed by atoms with Crippen LogP contribution in [0, 0.1) is 11.3 Å². The zero-order chi connectivity index (χ0) is 22.0. The fourth-order valence-corrected chi connectivity index (χ4v) is 5.53. The summed E-state index contributed by atoms with van der Waals surface area (Å²) in [5, 5.41) is 11.5. The summed E-state index contributed by atoms with van der Waals surface area (Å²) in [6, 6.07) is 20.5. The molecule has 0 bridgehead atoms. The fourth-order valence-electron chi connectivity index (χ4n) is 3.52. The van der Waals surface area contributed by atoms with E-state index in [1.807, 2.05) is 12.1 Å². The van der Waals surface area contributed by atoms with Gasteiger partial charge in [-0.15, -0.1) is 0 Å². The van der Waals surface area contributed by atoms with Gasteiger partial charge in [0.05, 0.1) is 23.2 Å². The van der Waals surface area contributed by atoms with Crippen molar-refractivity contribution in [3.63, 3.8) is 0 Å². The summed E-state index contributed by atoms with van der Waals surface area (Å²) in [5.74, 6) is -0.456. The number of rotatable bonds is 5. The van der Waals surface area contributed by atoms with Crippen molar-refractivity contribution in [2.75, 3.05) is 16.2 Å². The molecule has 0 unspecified atom stereocenters. The molecule has 0 saturated heterocycles. The van der Waals surface area contributed by atoms with Crippen molar-refractivity contribution in [3.8, 4) is 6.07 Å². The van der Waals surface area contributed by atoms with Gasteiger partial charge in [0, 0.05) is 17.8 Å².